The van der Waals surface area contributed by atoms with Crippen LogP contribution in [-0.2, 0) is 13.1 Å². The largest absolute Gasteiger partial charge is 0.494 e. The summed E-state index contributed by atoms with van der Waals surface area (Å²) in [5.41, 5.74) is 2.33. The molecule has 0 aliphatic carbocycles. The Hall–Kier alpha value is -2.62. The van der Waals surface area contributed by atoms with Crippen LogP contribution in [0.25, 0.3) is 5.69 Å². The van der Waals surface area contributed by atoms with E-state index in [0.717, 1.165) is 16.9 Å². The van der Waals surface area contributed by atoms with E-state index in [-0.39, 0.29) is 29.8 Å². The summed E-state index contributed by atoms with van der Waals surface area (Å²) in [5, 5.41) is 6.46. The van der Waals surface area contributed by atoms with E-state index in [1.54, 1.807) is 36.4 Å². The average molecular weight is 509 g/mol. The molecule has 2 N–H and O–H groups in total. The van der Waals surface area contributed by atoms with Gasteiger partial charge in [0.05, 0.1) is 18.6 Å². The summed E-state index contributed by atoms with van der Waals surface area (Å²) >= 11 is 0. The number of aliphatic imine (C=N–C) groups is 1. The number of nitrogens with one attached hydrogen (secondary N) is 2. The molecule has 0 saturated heterocycles. The molecule has 3 rings (SSSR count). The van der Waals surface area contributed by atoms with E-state index < -0.39 is 0 Å². The number of nitrogens with zero attached hydrogens (tertiary/aromatic N) is 3. The lowest BCUT2D eigenvalue weighted by atomic mass is 10.2. The molecule has 0 unspecified atom stereocenters. The Labute approximate surface area is 187 Å². The van der Waals surface area contributed by atoms with Crippen LogP contribution in [0.15, 0.2) is 66.2 Å². The molecule has 0 atom stereocenters. The number of hydrogen-bond donors (Lipinski definition) is 2. The van der Waals surface area contributed by atoms with Gasteiger partial charge in [0.1, 0.15) is 11.6 Å². The van der Waals surface area contributed by atoms with Crippen molar-refractivity contribution in [3.05, 3.63) is 78.1 Å². The van der Waals surface area contributed by atoms with E-state index in [2.05, 4.69) is 20.6 Å². The Morgan fingerprint density at radius 3 is 2.66 bits per heavy atom. The van der Waals surface area contributed by atoms with Gasteiger partial charge in [0, 0.05) is 38.1 Å². The summed E-state index contributed by atoms with van der Waals surface area (Å²) in [6, 6.07) is 13.0. The van der Waals surface area contributed by atoms with Crippen LogP contribution in [0.4, 0.5) is 4.39 Å². The number of ether oxygens (including phenoxy) is 1. The van der Waals surface area contributed by atoms with Crippen molar-refractivity contribution in [3.8, 4) is 11.4 Å². The van der Waals surface area contributed by atoms with Crippen LogP contribution in [0.2, 0.25) is 0 Å². The highest BCUT2D eigenvalue weighted by molar-refractivity contribution is 14.0. The zero-order valence-electron chi connectivity index (χ0n) is 16.4. The maximum absolute atomic E-state index is 14.4. The van der Waals surface area contributed by atoms with Gasteiger partial charge in [-0.3, -0.25) is 4.99 Å². The van der Waals surface area contributed by atoms with Gasteiger partial charge in [-0.05, 0) is 30.7 Å². The molecule has 1 aromatic heterocycles. The fourth-order valence-electron chi connectivity index (χ4n) is 2.80. The summed E-state index contributed by atoms with van der Waals surface area (Å²) in [7, 11) is 1.70. The minimum Gasteiger partial charge on any atom is -0.494 e. The number of benzene rings is 2. The Balaban J connectivity index is 0.00000300. The SMILES string of the molecule is CCOc1ccccc1CNC(=NC)NCc1ccc(-n2ccnc2)c(F)c1.I. The molecule has 1 heterocycles. The third-order valence-electron chi connectivity index (χ3n) is 4.20. The Bertz CT molecular complexity index is 931. The van der Waals surface area contributed by atoms with Gasteiger partial charge < -0.3 is 19.9 Å². The second-order valence-electron chi connectivity index (χ2n) is 6.08. The molecule has 0 amide bonds. The van der Waals surface area contributed by atoms with Gasteiger partial charge >= 0.3 is 0 Å². The van der Waals surface area contributed by atoms with Crippen molar-refractivity contribution >= 4 is 29.9 Å². The lowest BCUT2D eigenvalue weighted by Gasteiger charge is -2.14. The van der Waals surface area contributed by atoms with E-state index in [9.17, 15) is 4.39 Å². The van der Waals surface area contributed by atoms with Crippen molar-refractivity contribution in [1.29, 1.82) is 0 Å². The highest BCUT2D eigenvalue weighted by Gasteiger charge is 2.07. The third kappa shape index (κ3) is 6.18. The fraction of sp³-hybridized carbons (Fsp3) is 0.238. The van der Waals surface area contributed by atoms with Crippen LogP contribution >= 0.6 is 24.0 Å². The highest BCUT2D eigenvalue weighted by Crippen LogP contribution is 2.17. The smallest absolute Gasteiger partial charge is 0.191 e. The normalized spacial score (nSPS) is 10.9. The molecule has 0 aliphatic heterocycles. The quantitative estimate of drug-likeness (QED) is 0.288. The Kier molecular flexibility index (Phi) is 8.91. The first-order valence-corrected chi connectivity index (χ1v) is 9.13. The number of halogens is 2. The Morgan fingerprint density at radius 1 is 1.17 bits per heavy atom. The van der Waals surface area contributed by atoms with Crippen LogP contribution < -0.4 is 15.4 Å². The van der Waals surface area contributed by atoms with Crippen LogP contribution in [0.3, 0.4) is 0 Å². The topological polar surface area (TPSA) is 63.5 Å². The molecule has 0 aliphatic rings. The number of imidazole rings is 1. The van der Waals surface area contributed by atoms with Gasteiger partial charge in [-0.2, -0.15) is 0 Å². The second kappa shape index (κ2) is 11.4. The molecule has 0 saturated carbocycles. The van der Waals surface area contributed by atoms with Gasteiger partial charge in [0.25, 0.3) is 0 Å². The second-order valence-corrected chi connectivity index (χ2v) is 6.08. The molecule has 3 aromatic rings. The van der Waals surface area contributed by atoms with Crippen LogP contribution in [0.1, 0.15) is 18.1 Å². The lowest BCUT2D eigenvalue weighted by molar-refractivity contribution is 0.336. The molecule has 29 heavy (non-hydrogen) atoms. The monoisotopic (exact) mass is 509 g/mol. The molecule has 0 radical (unpaired) electrons. The molecule has 0 bridgehead atoms. The van der Waals surface area contributed by atoms with E-state index >= 15 is 0 Å². The van der Waals surface area contributed by atoms with Crippen LogP contribution in [-0.4, -0.2) is 29.2 Å². The van der Waals surface area contributed by atoms with Crippen molar-refractivity contribution < 1.29 is 9.13 Å². The number of para-hydroxylation sites is 1. The summed E-state index contributed by atoms with van der Waals surface area (Å²) < 4.78 is 21.7. The molecule has 0 fully saturated rings. The maximum Gasteiger partial charge on any atom is 0.191 e. The van der Waals surface area contributed by atoms with E-state index in [1.807, 2.05) is 37.3 Å². The summed E-state index contributed by atoms with van der Waals surface area (Å²) in [6.07, 6.45) is 4.90. The van der Waals surface area contributed by atoms with Crippen molar-refractivity contribution in [2.45, 2.75) is 20.0 Å². The molecular weight excluding hydrogens is 484 g/mol. The maximum atomic E-state index is 14.4. The standard InChI is InChI=1S/C21H24FN5O.HI/c1-3-28-20-7-5-4-6-17(20)14-26-21(23-2)25-13-16-8-9-19(18(22)12-16)27-11-10-24-15-27;/h4-12,15H,3,13-14H2,1-2H3,(H2,23,25,26);1H. The van der Waals surface area contributed by atoms with E-state index in [1.165, 1.54) is 6.07 Å². The first kappa shape index (κ1) is 22.7. The summed E-state index contributed by atoms with van der Waals surface area (Å²) in [5.74, 6) is 1.18. The number of aromatic nitrogens is 2. The zero-order valence-corrected chi connectivity index (χ0v) is 18.8. The zero-order chi connectivity index (χ0) is 19.8. The van der Waals surface area contributed by atoms with E-state index in [0.29, 0.717) is 31.3 Å². The molecule has 6 nitrogen and oxygen atoms in total. The molecule has 2 aromatic carbocycles. The van der Waals surface area contributed by atoms with Gasteiger partial charge in [-0.1, -0.05) is 24.3 Å². The predicted octanol–water partition coefficient (Wildman–Crippen LogP) is 3.89. The van der Waals surface area contributed by atoms with Gasteiger partial charge in [0.15, 0.2) is 5.96 Å². The molecule has 154 valence electrons. The van der Waals surface area contributed by atoms with Crippen molar-refractivity contribution in [1.82, 2.24) is 20.2 Å². The van der Waals surface area contributed by atoms with Crippen molar-refractivity contribution in [2.24, 2.45) is 4.99 Å². The summed E-state index contributed by atoms with van der Waals surface area (Å²) in [4.78, 5) is 8.17. The molecule has 0 spiro atoms. The predicted molar refractivity (Wildman–Crippen MR) is 124 cm³/mol. The highest BCUT2D eigenvalue weighted by atomic mass is 127. The van der Waals surface area contributed by atoms with Gasteiger partial charge in [0.2, 0.25) is 0 Å². The molecular formula is C21H25FIN5O. The fourth-order valence-corrected chi connectivity index (χ4v) is 2.80. The van der Waals surface area contributed by atoms with Gasteiger partial charge in [-0.15, -0.1) is 24.0 Å². The first-order valence-electron chi connectivity index (χ1n) is 9.13. The van der Waals surface area contributed by atoms with Crippen LogP contribution in [0, 0.1) is 5.82 Å². The minimum absolute atomic E-state index is 0. The number of rotatable bonds is 7. The van der Waals surface area contributed by atoms with Gasteiger partial charge in [-0.25, -0.2) is 9.37 Å². The van der Waals surface area contributed by atoms with Crippen molar-refractivity contribution in [3.63, 3.8) is 0 Å². The minimum atomic E-state index is -0.300. The Morgan fingerprint density at radius 2 is 1.97 bits per heavy atom. The first-order chi connectivity index (χ1) is 13.7. The lowest BCUT2D eigenvalue weighted by Crippen LogP contribution is -2.36. The third-order valence-corrected chi connectivity index (χ3v) is 4.20. The van der Waals surface area contributed by atoms with Crippen LogP contribution in [0.5, 0.6) is 5.75 Å². The number of hydrogen-bond acceptors (Lipinski definition) is 3. The molecule has 8 heteroatoms. The average Bonchev–Trinajstić information content (AvgIpc) is 3.24. The van der Waals surface area contributed by atoms with E-state index in [4.69, 9.17) is 4.74 Å². The van der Waals surface area contributed by atoms with Crippen molar-refractivity contribution in [2.75, 3.05) is 13.7 Å². The summed E-state index contributed by atoms with van der Waals surface area (Å²) in [6.45, 7) is 3.60. The number of guanidine groups is 1.